The highest BCUT2D eigenvalue weighted by molar-refractivity contribution is 5.50. The topological polar surface area (TPSA) is 86.3 Å². The van der Waals surface area contributed by atoms with Crippen LogP contribution in [0.2, 0.25) is 0 Å². The van der Waals surface area contributed by atoms with Crippen molar-refractivity contribution < 1.29 is 4.92 Å². The molecule has 1 fully saturated rings. The number of anilines is 1. The van der Waals surface area contributed by atoms with Crippen molar-refractivity contribution in [1.82, 2.24) is 9.88 Å². The summed E-state index contributed by atoms with van der Waals surface area (Å²) in [5, 5.41) is 19.9. The maximum absolute atomic E-state index is 11.0. The first kappa shape index (κ1) is 14.2. The molecule has 106 valence electrons. The van der Waals surface area contributed by atoms with Crippen molar-refractivity contribution in [1.29, 1.82) is 5.26 Å². The lowest BCUT2D eigenvalue weighted by molar-refractivity contribution is -0.385. The molecule has 20 heavy (non-hydrogen) atoms. The molecule has 0 spiro atoms. The Morgan fingerprint density at radius 2 is 2.10 bits per heavy atom. The normalized spacial score (nSPS) is 17.6. The molecular weight excluding hydrogens is 258 g/mol. The van der Waals surface area contributed by atoms with Crippen LogP contribution >= 0.6 is 0 Å². The Hall–Kier alpha value is -2.20. The molecule has 0 saturated carbocycles. The van der Waals surface area contributed by atoms with Crippen molar-refractivity contribution in [3.63, 3.8) is 0 Å². The first-order chi connectivity index (χ1) is 9.52. The fraction of sp³-hybridized carbons (Fsp3) is 0.538. The Morgan fingerprint density at radius 1 is 1.45 bits per heavy atom. The molecule has 7 heteroatoms. The van der Waals surface area contributed by atoms with Crippen LogP contribution in [0.1, 0.15) is 12.5 Å². The molecule has 2 rings (SSSR count). The summed E-state index contributed by atoms with van der Waals surface area (Å²) in [5.74, 6) is 0.631. The molecule has 1 atom stereocenters. The number of aromatic nitrogens is 1. The number of piperazine rings is 1. The summed E-state index contributed by atoms with van der Waals surface area (Å²) in [5.41, 5.74) is 0.665. The Morgan fingerprint density at radius 3 is 2.65 bits per heavy atom. The molecule has 1 aromatic heterocycles. The van der Waals surface area contributed by atoms with Crippen LogP contribution < -0.4 is 4.90 Å². The molecule has 1 aromatic rings. The minimum absolute atomic E-state index is 0.0996. The van der Waals surface area contributed by atoms with E-state index in [0.717, 1.165) is 26.2 Å². The second-order valence-electron chi connectivity index (χ2n) is 4.91. The Labute approximate surface area is 117 Å². The Balaban J connectivity index is 2.10. The van der Waals surface area contributed by atoms with Crippen LogP contribution in [-0.2, 0) is 0 Å². The summed E-state index contributed by atoms with van der Waals surface area (Å²) in [6.45, 7) is 6.53. The fourth-order valence-electron chi connectivity index (χ4n) is 2.29. The molecule has 0 N–H and O–H groups in total. The SMILES string of the molecule is Cc1cnc(N2CCN(C(C)C#N)CC2)cc1[N+](=O)[O-]. The average molecular weight is 275 g/mol. The van der Waals surface area contributed by atoms with E-state index in [-0.39, 0.29) is 16.7 Å². The van der Waals surface area contributed by atoms with Crippen LogP contribution in [0.4, 0.5) is 11.5 Å². The summed E-state index contributed by atoms with van der Waals surface area (Å²) in [7, 11) is 0. The third-order valence-corrected chi connectivity index (χ3v) is 3.63. The number of rotatable bonds is 3. The first-order valence-electron chi connectivity index (χ1n) is 6.52. The van der Waals surface area contributed by atoms with Gasteiger partial charge in [-0.1, -0.05) is 0 Å². The molecule has 2 heterocycles. The van der Waals surface area contributed by atoms with Gasteiger partial charge in [-0.3, -0.25) is 15.0 Å². The van der Waals surface area contributed by atoms with E-state index < -0.39 is 0 Å². The molecule has 1 aliphatic heterocycles. The first-order valence-corrected chi connectivity index (χ1v) is 6.52. The average Bonchev–Trinajstić information content (AvgIpc) is 2.47. The molecule has 1 aliphatic rings. The number of hydrogen-bond donors (Lipinski definition) is 0. The van der Waals surface area contributed by atoms with Gasteiger partial charge in [-0.05, 0) is 13.8 Å². The molecule has 7 nitrogen and oxygen atoms in total. The molecule has 0 amide bonds. The highest BCUT2D eigenvalue weighted by Gasteiger charge is 2.23. The zero-order valence-electron chi connectivity index (χ0n) is 11.6. The maximum atomic E-state index is 11.0. The highest BCUT2D eigenvalue weighted by Crippen LogP contribution is 2.23. The lowest BCUT2D eigenvalue weighted by atomic mass is 10.2. The number of nitro groups is 1. The number of hydrogen-bond acceptors (Lipinski definition) is 6. The van der Waals surface area contributed by atoms with Crippen LogP contribution in [-0.4, -0.2) is 47.0 Å². The number of pyridine rings is 1. The molecule has 0 radical (unpaired) electrons. The van der Waals surface area contributed by atoms with E-state index >= 15 is 0 Å². The Kier molecular flexibility index (Phi) is 4.15. The predicted octanol–water partition coefficient (Wildman–Crippen LogP) is 1.33. The van der Waals surface area contributed by atoms with Gasteiger partial charge in [0.05, 0.1) is 23.1 Å². The molecule has 0 aliphatic carbocycles. The molecule has 1 unspecified atom stereocenters. The van der Waals surface area contributed by atoms with E-state index in [9.17, 15) is 10.1 Å². The van der Waals surface area contributed by atoms with Crippen molar-refractivity contribution in [2.45, 2.75) is 19.9 Å². The predicted molar refractivity (Wildman–Crippen MR) is 74.5 cm³/mol. The smallest absolute Gasteiger partial charge is 0.277 e. The molecular formula is C13H17N5O2. The van der Waals surface area contributed by atoms with Gasteiger partial charge < -0.3 is 4.90 Å². The largest absolute Gasteiger partial charge is 0.354 e. The van der Waals surface area contributed by atoms with Gasteiger partial charge in [0.1, 0.15) is 5.82 Å². The summed E-state index contributed by atoms with van der Waals surface area (Å²) < 4.78 is 0. The summed E-state index contributed by atoms with van der Waals surface area (Å²) >= 11 is 0. The van der Waals surface area contributed by atoms with Gasteiger partial charge >= 0.3 is 0 Å². The van der Waals surface area contributed by atoms with Crippen molar-refractivity contribution in [2.75, 3.05) is 31.1 Å². The minimum Gasteiger partial charge on any atom is -0.354 e. The van der Waals surface area contributed by atoms with Crippen molar-refractivity contribution in [2.24, 2.45) is 0 Å². The van der Waals surface area contributed by atoms with E-state index in [4.69, 9.17) is 5.26 Å². The van der Waals surface area contributed by atoms with Crippen molar-refractivity contribution in [3.05, 3.63) is 27.9 Å². The van der Waals surface area contributed by atoms with Crippen molar-refractivity contribution in [3.8, 4) is 6.07 Å². The van der Waals surface area contributed by atoms with Crippen LogP contribution in [0.5, 0.6) is 0 Å². The third kappa shape index (κ3) is 2.86. The van der Waals surface area contributed by atoms with Gasteiger partial charge in [0.2, 0.25) is 0 Å². The summed E-state index contributed by atoms with van der Waals surface area (Å²) in [4.78, 5) is 19.0. The lowest BCUT2D eigenvalue weighted by Crippen LogP contribution is -2.49. The van der Waals surface area contributed by atoms with Crippen LogP contribution in [0.15, 0.2) is 12.3 Å². The van der Waals surface area contributed by atoms with Crippen molar-refractivity contribution >= 4 is 11.5 Å². The summed E-state index contributed by atoms with van der Waals surface area (Å²) in [6, 6.07) is 3.65. The molecule has 0 aromatic carbocycles. The number of nitrogens with zero attached hydrogens (tertiary/aromatic N) is 5. The van der Waals surface area contributed by atoms with Gasteiger partial charge in [-0.2, -0.15) is 5.26 Å². The quantitative estimate of drug-likeness (QED) is 0.611. The van der Waals surface area contributed by atoms with E-state index in [1.54, 1.807) is 6.92 Å². The summed E-state index contributed by atoms with van der Waals surface area (Å²) in [6.07, 6.45) is 1.54. The van der Waals surface area contributed by atoms with Gasteiger partial charge in [-0.25, -0.2) is 4.98 Å². The monoisotopic (exact) mass is 275 g/mol. The standard InChI is InChI=1S/C13H17N5O2/c1-10-9-15-13(7-12(10)18(19)20)17-5-3-16(4-6-17)11(2)8-14/h7,9,11H,3-6H2,1-2H3. The second-order valence-corrected chi connectivity index (χ2v) is 4.91. The van der Waals surface area contributed by atoms with Gasteiger partial charge in [0.25, 0.3) is 5.69 Å². The van der Waals surface area contributed by atoms with E-state index in [0.29, 0.717) is 11.4 Å². The Bertz CT molecular complexity index is 546. The zero-order chi connectivity index (χ0) is 14.7. The number of aryl methyl sites for hydroxylation is 1. The minimum atomic E-state index is -0.380. The van der Waals surface area contributed by atoms with E-state index in [1.807, 2.05) is 11.8 Å². The number of nitriles is 1. The van der Waals surface area contributed by atoms with Gasteiger partial charge in [-0.15, -0.1) is 0 Å². The third-order valence-electron chi connectivity index (χ3n) is 3.63. The van der Waals surface area contributed by atoms with E-state index in [1.165, 1.54) is 12.3 Å². The van der Waals surface area contributed by atoms with E-state index in [2.05, 4.69) is 16.0 Å². The van der Waals surface area contributed by atoms with Crippen LogP contribution in [0.25, 0.3) is 0 Å². The second kappa shape index (κ2) is 5.84. The zero-order valence-corrected chi connectivity index (χ0v) is 11.6. The van der Waals surface area contributed by atoms with Crippen LogP contribution in [0, 0.1) is 28.4 Å². The molecule has 1 saturated heterocycles. The lowest BCUT2D eigenvalue weighted by Gasteiger charge is -2.36. The van der Waals surface area contributed by atoms with Gasteiger partial charge in [0, 0.05) is 37.9 Å². The fourth-order valence-corrected chi connectivity index (χ4v) is 2.29. The van der Waals surface area contributed by atoms with Gasteiger partial charge in [0.15, 0.2) is 0 Å². The van der Waals surface area contributed by atoms with Crippen LogP contribution in [0.3, 0.4) is 0 Å². The maximum Gasteiger partial charge on any atom is 0.277 e. The molecule has 0 bridgehead atoms. The highest BCUT2D eigenvalue weighted by atomic mass is 16.6.